The largest absolute Gasteiger partial charge is 0.394 e. The summed E-state index contributed by atoms with van der Waals surface area (Å²) in [6.07, 6.45) is 3.91. The summed E-state index contributed by atoms with van der Waals surface area (Å²) in [7, 11) is 0. The molecule has 0 aliphatic heterocycles. The first-order valence-corrected chi connectivity index (χ1v) is 6.15. The van der Waals surface area contributed by atoms with Gasteiger partial charge >= 0.3 is 0 Å². The monoisotopic (exact) mass is 265 g/mol. The molecule has 0 saturated heterocycles. The number of nitrogens with two attached hydrogens (primary N) is 1. The van der Waals surface area contributed by atoms with E-state index in [2.05, 4.69) is 5.10 Å². The van der Waals surface area contributed by atoms with Gasteiger partial charge in [0, 0.05) is 12.7 Å². The fourth-order valence-corrected chi connectivity index (χ4v) is 2.02. The lowest BCUT2D eigenvalue weighted by molar-refractivity contribution is 0.181. The summed E-state index contributed by atoms with van der Waals surface area (Å²) in [5.74, 6) is 0. The molecule has 0 spiro atoms. The zero-order valence-electron chi connectivity index (χ0n) is 9.96. The van der Waals surface area contributed by atoms with Crippen molar-refractivity contribution in [1.29, 1.82) is 0 Å². The van der Waals surface area contributed by atoms with Crippen LogP contribution in [0.2, 0.25) is 5.02 Å². The van der Waals surface area contributed by atoms with Crippen LogP contribution in [0.15, 0.2) is 42.7 Å². The van der Waals surface area contributed by atoms with Crippen molar-refractivity contribution in [1.82, 2.24) is 9.78 Å². The highest BCUT2D eigenvalue weighted by Gasteiger charge is 2.26. The third kappa shape index (κ3) is 2.90. The van der Waals surface area contributed by atoms with Gasteiger partial charge in [0.05, 0.1) is 23.4 Å². The molecule has 2 rings (SSSR count). The quantitative estimate of drug-likeness (QED) is 0.866. The molecule has 2 aromatic rings. The summed E-state index contributed by atoms with van der Waals surface area (Å²) in [6, 6.07) is 9.60. The van der Waals surface area contributed by atoms with Gasteiger partial charge in [-0.2, -0.15) is 5.10 Å². The fourth-order valence-electron chi connectivity index (χ4n) is 1.86. The number of aliphatic hydroxyl groups is 1. The number of nitrogens with zero attached hydrogens (tertiary/aromatic N) is 2. The van der Waals surface area contributed by atoms with Crippen LogP contribution in [-0.4, -0.2) is 21.5 Å². The summed E-state index contributed by atoms with van der Waals surface area (Å²) in [4.78, 5) is 0. The number of halogens is 1. The van der Waals surface area contributed by atoms with Crippen LogP contribution in [0.3, 0.4) is 0 Å². The molecule has 5 heteroatoms. The molecule has 18 heavy (non-hydrogen) atoms. The average molecular weight is 266 g/mol. The maximum absolute atomic E-state index is 9.54. The van der Waals surface area contributed by atoms with Crippen LogP contribution in [-0.2, 0) is 12.1 Å². The van der Waals surface area contributed by atoms with E-state index in [-0.39, 0.29) is 6.61 Å². The van der Waals surface area contributed by atoms with Crippen LogP contribution < -0.4 is 5.73 Å². The van der Waals surface area contributed by atoms with Gasteiger partial charge in [-0.05, 0) is 12.0 Å². The summed E-state index contributed by atoms with van der Waals surface area (Å²) in [5, 5.41) is 14.2. The lowest BCUT2D eigenvalue weighted by Crippen LogP contribution is -2.41. The Kier molecular flexibility index (Phi) is 4.01. The zero-order chi connectivity index (χ0) is 13.0. The minimum atomic E-state index is -0.750. The summed E-state index contributed by atoms with van der Waals surface area (Å²) >= 11 is 5.80. The first-order valence-electron chi connectivity index (χ1n) is 5.77. The Hall–Kier alpha value is -1.36. The second-order valence-corrected chi connectivity index (χ2v) is 4.79. The number of aliphatic hydroxyl groups excluding tert-OH is 1. The van der Waals surface area contributed by atoms with Crippen LogP contribution >= 0.6 is 11.6 Å². The molecule has 0 aliphatic carbocycles. The van der Waals surface area contributed by atoms with E-state index in [0.717, 1.165) is 5.56 Å². The van der Waals surface area contributed by atoms with Gasteiger partial charge in [0.2, 0.25) is 0 Å². The van der Waals surface area contributed by atoms with E-state index in [0.29, 0.717) is 18.0 Å². The van der Waals surface area contributed by atoms with Gasteiger partial charge in [0.1, 0.15) is 0 Å². The Labute approximate surface area is 111 Å². The fraction of sp³-hybridized carbons (Fsp3) is 0.308. The number of hydrogen-bond acceptors (Lipinski definition) is 3. The maximum atomic E-state index is 9.54. The van der Waals surface area contributed by atoms with Gasteiger partial charge in [-0.25, -0.2) is 0 Å². The Bertz CT molecular complexity index is 500. The van der Waals surface area contributed by atoms with Gasteiger partial charge in [-0.15, -0.1) is 0 Å². The minimum Gasteiger partial charge on any atom is -0.394 e. The normalized spacial score (nSPS) is 14.4. The van der Waals surface area contributed by atoms with Gasteiger partial charge < -0.3 is 10.8 Å². The minimum absolute atomic E-state index is 0.105. The van der Waals surface area contributed by atoms with Crippen molar-refractivity contribution in [3.05, 3.63) is 53.3 Å². The molecule has 1 aromatic carbocycles. The van der Waals surface area contributed by atoms with E-state index < -0.39 is 5.54 Å². The molecule has 1 atom stereocenters. The zero-order valence-corrected chi connectivity index (χ0v) is 10.7. The SMILES string of the molecule is NC(CO)(CCn1cc(Cl)cn1)c1ccccc1. The van der Waals surface area contributed by atoms with Crippen molar-refractivity contribution in [3.8, 4) is 0 Å². The van der Waals surface area contributed by atoms with Crippen LogP contribution in [0.5, 0.6) is 0 Å². The van der Waals surface area contributed by atoms with E-state index in [9.17, 15) is 5.11 Å². The van der Waals surface area contributed by atoms with Crippen molar-refractivity contribution >= 4 is 11.6 Å². The Balaban J connectivity index is 2.09. The van der Waals surface area contributed by atoms with Crippen molar-refractivity contribution < 1.29 is 5.11 Å². The van der Waals surface area contributed by atoms with Gasteiger partial charge in [-0.3, -0.25) is 4.68 Å². The summed E-state index contributed by atoms with van der Waals surface area (Å²) in [6.45, 7) is 0.505. The van der Waals surface area contributed by atoms with E-state index in [1.54, 1.807) is 17.1 Å². The first kappa shape index (κ1) is 13.1. The maximum Gasteiger partial charge on any atom is 0.0785 e. The topological polar surface area (TPSA) is 64.1 Å². The third-order valence-corrected chi connectivity index (χ3v) is 3.21. The molecule has 96 valence electrons. The van der Waals surface area contributed by atoms with E-state index in [1.165, 1.54) is 0 Å². The van der Waals surface area contributed by atoms with Crippen LogP contribution in [0.1, 0.15) is 12.0 Å². The lowest BCUT2D eigenvalue weighted by Gasteiger charge is -2.27. The van der Waals surface area contributed by atoms with Gasteiger partial charge in [0.25, 0.3) is 0 Å². The van der Waals surface area contributed by atoms with Gasteiger partial charge in [-0.1, -0.05) is 41.9 Å². The molecule has 1 aromatic heterocycles. The Morgan fingerprint density at radius 3 is 2.61 bits per heavy atom. The van der Waals surface area contributed by atoms with Crippen LogP contribution in [0.25, 0.3) is 0 Å². The second kappa shape index (κ2) is 5.52. The van der Waals surface area contributed by atoms with Crippen LogP contribution in [0.4, 0.5) is 0 Å². The second-order valence-electron chi connectivity index (χ2n) is 4.35. The molecule has 0 amide bonds. The number of hydrogen-bond donors (Lipinski definition) is 2. The predicted octanol–water partition coefficient (Wildman–Crippen LogP) is 1.77. The molecule has 1 heterocycles. The molecule has 4 nitrogen and oxygen atoms in total. The van der Waals surface area contributed by atoms with Crippen molar-refractivity contribution in [2.45, 2.75) is 18.5 Å². The molecule has 1 unspecified atom stereocenters. The van der Waals surface area contributed by atoms with Crippen molar-refractivity contribution in [3.63, 3.8) is 0 Å². The first-order chi connectivity index (χ1) is 8.64. The smallest absolute Gasteiger partial charge is 0.0785 e. The average Bonchev–Trinajstić information content (AvgIpc) is 2.83. The standard InChI is InChI=1S/C13H16ClN3O/c14-12-8-16-17(9-12)7-6-13(15,10-18)11-4-2-1-3-5-11/h1-5,8-9,18H,6-7,10,15H2. The van der Waals surface area contributed by atoms with E-state index in [4.69, 9.17) is 17.3 Å². The Morgan fingerprint density at radius 1 is 1.33 bits per heavy atom. The summed E-state index contributed by atoms with van der Waals surface area (Å²) < 4.78 is 1.72. The molecule has 0 saturated carbocycles. The molecule has 0 radical (unpaired) electrons. The van der Waals surface area contributed by atoms with Crippen molar-refractivity contribution in [2.75, 3.05) is 6.61 Å². The molecule has 0 bridgehead atoms. The van der Waals surface area contributed by atoms with E-state index >= 15 is 0 Å². The van der Waals surface area contributed by atoms with Crippen molar-refractivity contribution in [2.24, 2.45) is 5.73 Å². The number of benzene rings is 1. The number of aryl methyl sites for hydroxylation is 1. The highest BCUT2D eigenvalue weighted by atomic mass is 35.5. The molecule has 0 aliphatic rings. The molecular formula is C13H16ClN3O. The molecular weight excluding hydrogens is 250 g/mol. The molecule has 0 fully saturated rings. The third-order valence-electron chi connectivity index (χ3n) is 3.02. The predicted molar refractivity (Wildman–Crippen MR) is 71.2 cm³/mol. The summed E-state index contributed by atoms with van der Waals surface area (Å²) in [5.41, 5.74) is 6.42. The van der Waals surface area contributed by atoms with E-state index in [1.807, 2.05) is 30.3 Å². The lowest BCUT2D eigenvalue weighted by atomic mass is 9.88. The molecule has 3 N–H and O–H groups in total. The highest BCUT2D eigenvalue weighted by Crippen LogP contribution is 2.22. The van der Waals surface area contributed by atoms with Crippen LogP contribution in [0, 0.1) is 0 Å². The number of aromatic nitrogens is 2. The highest BCUT2D eigenvalue weighted by molar-refractivity contribution is 6.30. The van der Waals surface area contributed by atoms with Gasteiger partial charge in [0.15, 0.2) is 0 Å². The number of rotatable bonds is 5. The Morgan fingerprint density at radius 2 is 2.06 bits per heavy atom.